The van der Waals surface area contributed by atoms with Gasteiger partial charge in [0.25, 0.3) is 0 Å². The molecule has 0 atom stereocenters. The zero-order valence-electron chi connectivity index (χ0n) is 12.5. The summed E-state index contributed by atoms with van der Waals surface area (Å²) in [7, 11) is 0. The molecule has 0 amide bonds. The van der Waals surface area contributed by atoms with Gasteiger partial charge in [-0.25, -0.2) is 0 Å². The van der Waals surface area contributed by atoms with Gasteiger partial charge >= 0.3 is 0 Å². The van der Waals surface area contributed by atoms with E-state index >= 15 is 0 Å². The van der Waals surface area contributed by atoms with Crippen LogP contribution in [0.15, 0.2) is 66.7 Å². The number of nitrogens with zero attached hydrogens (tertiary/aromatic N) is 1. The summed E-state index contributed by atoms with van der Waals surface area (Å²) in [5.41, 5.74) is 5.02. The van der Waals surface area contributed by atoms with Gasteiger partial charge < -0.3 is 4.57 Å². The monoisotopic (exact) mass is 291 g/mol. The van der Waals surface area contributed by atoms with Gasteiger partial charge in [-0.3, -0.25) is 0 Å². The third kappa shape index (κ3) is 2.00. The molecule has 106 valence electrons. The highest BCUT2D eigenvalue weighted by Gasteiger charge is 2.12. The lowest BCUT2D eigenvalue weighted by Gasteiger charge is -2.07. The number of benzene rings is 3. The Labute approximate surface area is 135 Å². The summed E-state index contributed by atoms with van der Waals surface area (Å²) in [6.45, 7) is 0. The maximum absolute atomic E-state index is 5.58. The number of para-hydroxylation sites is 1. The first-order valence-corrected chi connectivity index (χ1v) is 7.38. The summed E-state index contributed by atoms with van der Waals surface area (Å²) < 4.78 is 2.21. The molecule has 23 heavy (non-hydrogen) atoms. The highest BCUT2D eigenvalue weighted by Crippen LogP contribution is 2.33. The Kier molecular flexibility index (Phi) is 2.94. The summed E-state index contributed by atoms with van der Waals surface area (Å²) in [4.78, 5) is 0. The SMILES string of the molecule is C#Cc1ccc2c3ccc(C#C)cc3n(-c3ccccc3)c2c1. The van der Waals surface area contributed by atoms with Crippen molar-refractivity contribution in [3.8, 4) is 30.4 Å². The number of hydrogen-bond acceptors (Lipinski definition) is 0. The number of aromatic nitrogens is 1. The predicted octanol–water partition coefficient (Wildman–Crippen LogP) is 4.75. The van der Waals surface area contributed by atoms with Crippen LogP contribution in [0.5, 0.6) is 0 Å². The summed E-state index contributed by atoms with van der Waals surface area (Å²) in [6, 6.07) is 22.5. The molecule has 1 nitrogen and oxygen atoms in total. The maximum Gasteiger partial charge on any atom is 0.0553 e. The van der Waals surface area contributed by atoms with E-state index < -0.39 is 0 Å². The van der Waals surface area contributed by atoms with Crippen molar-refractivity contribution in [1.29, 1.82) is 0 Å². The third-order valence-corrected chi connectivity index (χ3v) is 4.12. The van der Waals surface area contributed by atoms with Gasteiger partial charge in [0.1, 0.15) is 0 Å². The average Bonchev–Trinajstić information content (AvgIpc) is 2.94. The number of fused-ring (bicyclic) bond motifs is 3. The van der Waals surface area contributed by atoms with E-state index in [1.807, 2.05) is 30.3 Å². The summed E-state index contributed by atoms with van der Waals surface area (Å²) >= 11 is 0. The largest absolute Gasteiger partial charge is 0.309 e. The van der Waals surface area contributed by atoms with Crippen LogP contribution in [0.1, 0.15) is 11.1 Å². The molecule has 1 heteroatoms. The van der Waals surface area contributed by atoms with Gasteiger partial charge in [0.15, 0.2) is 0 Å². The molecule has 0 N–H and O–H groups in total. The molecule has 1 heterocycles. The molecule has 0 fully saturated rings. The van der Waals surface area contributed by atoms with Crippen LogP contribution in [0.2, 0.25) is 0 Å². The first-order chi connectivity index (χ1) is 11.3. The Morgan fingerprint density at radius 1 is 0.652 bits per heavy atom. The van der Waals surface area contributed by atoms with E-state index in [2.05, 4.69) is 52.8 Å². The summed E-state index contributed by atoms with van der Waals surface area (Å²) in [6.07, 6.45) is 11.2. The molecule has 0 radical (unpaired) electrons. The van der Waals surface area contributed by atoms with Crippen LogP contribution < -0.4 is 0 Å². The Bertz CT molecular complexity index is 1040. The van der Waals surface area contributed by atoms with Crippen LogP contribution in [0, 0.1) is 24.7 Å². The molecule has 4 aromatic rings. The second kappa shape index (κ2) is 5.09. The molecule has 4 rings (SSSR count). The Morgan fingerprint density at radius 3 is 1.65 bits per heavy atom. The molecule has 1 aromatic heterocycles. The second-order valence-corrected chi connectivity index (χ2v) is 5.42. The van der Waals surface area contributed by atoms with Gasteiger partial charge in [-0.15, -0.1) is 12.8 Å². The molecular formula is C22H13N. The molecule has 0 aliphatic carbocycles. The van der Waals surface area contributed by atoms with E-state index in [0.717, 1.165) is 27.8 Å². The van der Waals surface area contributed by atoms with Crippen LogP contribution in [0.4, 0.5) is 0 Å². The van der Waals surface area contributed by atoms with Crippen molar-refractivity contribution in [2.24, 2.45) is 0 Å². The van der Waals surface area contributed by atoms with Gasteiger partial charge in [0, 0.05) is 27.6 Å². The fourth-order valence-electron chi connectivity index (χ4n) is 3.05. The van der Waals surface area contributed by atoms with Crippen LogP contribution in [0.3, 0.4) is 0 Å². The Balaban J connectivity index is 2.22. The van der Waals surface area contributed by atoms with Crippen molar-refractivity contribution < 1.29 is 0 Å². The smallest absolute Gasteiger partial charge is 0.0553 e. The standard InChI is InChI=1S/C22H13N/c1-3-16-10-12-19-20-13-11-17(4-2)15-22(20)23(21(19)14-16)18-8-6-5-7-9-18/h1-2,5-15H. The van der Waals surface area contributed by atoms with Gasteiger partial charge in [-0.1, -0.05) is 42.2 Å². The van der Waals surface area contributed by atoms with Crippen molar-refractivity contribution in [1.82, 2.24) is 4.57 Å². The number of hydrogen-bond donors (Lipinski definition) is 0. The topological polar surface area (TPSA) is 4.93 Å². The van der Waals surface area contributed by atoms with Gasteiger partial charge in [0.05, 0.1) is 11.0 Å². The first kappa shape index (κ1) is 13.3. The molecule has 0 saturated heterocycles. The minimum Gasteiger partial charge on any atom is -0.309 e. The van der Waals surface area contributed by atoms with E-state index in [4.69, 9.17) is 12.8 Å². The minimum absolute atomic E-state index is 0.870. The van der Waals surface area contributed by atoms with Gasteiger partial charge in [0.2, 0.25) is 0 Å². The molecule has 0 spiro atoms. The number of rotatable bonds is 1. The van der Waals surface area contributed by atoms with Crippen molar-refractivity contribution in [2.75, 3.05) is 0 Å². The van der Waals surface area contributed by atoms with Gasteiger partial charge in [-0.05, 0) is 36.4 Å². The first-order valence-electron chi connectivity index (χ1n) is 7.38. The Hall–Kier alpha value is -3.42. The quantitative estimate of drug-likeness (QED) is 0.446. The van der Waals surface area contributed by atoms with E-state index in [1.165, 1.54) is 10.8 Å². The van der Waals surface area contributed by atoms with Crippen molar-refractivity contribution >= 4 is 21.8 Å². The van der Waals surface area contributed by atoms with Crippen molar-refractivity contribution in [3.63, 3.8) is 0 Å². The van der Waals surface area contributed by atoms with E-state index in [-0.39, 0.29) is 0 Å². The summed E-state index contributed by atoms with van der Waals surface area (Å²) in [5.74, 6) is 5.44. The average molecular weight is 291 g/mol. The van der Waals surface area contributed by atoms with Crippen molar-refractivity contribution in [2.45, 2.75) is 0 Å². The van der Waals surface area contributed by atoms with Crippen molar-refractivity contribution in [3.05, 3.63) is 77.9 Å². The predicted molar refractivity (Wildman–Crippen MR) is 96.7 cm³/mol. The Morgan fingerprint density at radius 2 is 1.17 bits per heavy atom. The zero-order chi connectivity index (χ0) is 15.8. The fourth-order valence-corrected chi connectivity index (χ4v) is 3.05. The van der Waals surface area contributed by atoms with E-state index in [1.54, 1.807) is 0 Å². The molecule has 0 saturated carbocycles. The van der Waals surface area contributed by atoms with Crippen LogP contribution >= 0.6 is 0 Å². The maximum atomic E-state index is 5.58. The molecule has 3 aromatic carbocycles. The lowest BCUT2D eigenvalue weighted by atomic mass is 10.1. The second-order valence-electron chi connectivity index (χ2n) is 5.42. The van der Waals surface area contributed by atoms with Crippen LogP contribution in [-0.4, -0.2) is 4.57 Å². The van der Waals surface area contributed by atoms with Gasteiger partial charge in [-0.2, -0.15) is 0 Å². The zero-order valence-corrected chi connectivity index (χ0v) is 12.5. The lowest BCUT2D eigenvalue weighted by Crippen LogP contribution is -1.93. The lowest BCUT2D eigenvalue weighted by molar-refractivity contribution is 1.18. The van der Waals surface area contributed by atoms with Crippen LogP contribution in [-0.2, 0) is 0 Å². The molecule has 0 bridgehead atoms. The van der Waals surface area contributed by atoms with Crippen LogP contribution in [0.25, 0.3) is 27.5 Å². The molecule has 0 unspecified atom stereocenters. The number of terminal acetylenes is 2. The highest BCUT2D eigenvalue weighted by molar-refractivity contribution is 6.09. The molecular weight excluding hydrogens is 278 g/mol. The molecule has 0 aliphatic rings. The fraction of sp³-hybridized carbons (Fsp3) is 0. The van der Waals surface area contributed by atoms with E-state index in [9.17, 15) is 0 Å². The normalized spacial score (nSPS) is 10.5. The molecule has 0 aliphatic heterocycles. The minimum atomic E-state index is 0.870. The summed E-state index contributed by atoms with van der Waals surface area (Å²) in [5, 5.41) is 2.35. The van der Waals surface area contributed by atoms with E-state index in [0.29, 0.717) is 0 Å². The highest BCUT2D eigenvalue weighted by atomic mass is 15.0. The third-order valence-electron chi connectivity index (χ3n) is 4.12.